The smallest absolute Gasteiger partial charge is 0.277 e. The summed E-state index contributed by atoms with van der Waals surface area (Å²) in [5, 5.41) is 6.51. The van der Waals surface area contributed by atoms with Crippen molar-refractivity contribution in [3.05, 3.63) is 48.4 Å². The molecule has 0 spiro atoms. The molecule has 7 nitrogen and oxygen atoms in total. The zero-order valence-corrected chi connectivity index (χ0v) is 11.8. The highest BCUT2D eigenvalue weighted by atomic mass is 32.1. The van der Waals surface area contributed by atoms with E-state index in [0.29, 0.717) is 22.7 Å². The predicted molar refractivity (Wildman–Crippen MR) is 79.6 cm³/mol. The average Bonchev–Trinajstić information content (AvgIpc) is 3.27. The highest BCUT2D eigenvalue weighted by Crippen LogP contribution is 2.23. The van der Waals surface area contributed by atoms with E-state index in [4.69, 9.17) is 8.94 Å². The number of hydrogen-bond donors (Lipinski definition) is 1. The summed E-state index contributed by atoms with van der Waals surface area (Å²) < 4.78 is 18.6. The quantitative estimate of drug-likeness (QED) is 0.624. The lowest BCUT2D eigenvalue weighted by Gasteiger charge is -2.02. The van der Waals surface area contributed by atoms with Crippen molar-refractivity contribution in [3.63, 3.8) is 0 Å². The summed E-state index contributed by atoms with van der Waals surface area (Å²) >= 11 is 1.09. The van der Waals surface area contributed by atoms with Crippen LogP contribution in [0, 0.1) is 0 Å². The van der Waals surface area contributed by atoms with Gasteiger partial charge in [-0.15, -0.1) is 0 Å². The van der Waals surface area contributed by atoms with Crippen molar-refractivity contribution in [3.8, 4) is 11.5 Å². The van der Waals surface area contributed by atoms with Crippen LogP contribution >= 0.6 is 11.7 Å². The summed E-state index contributed by atoms with van der Waals surface area (Å²) in [6.45, 7) is 0. The van der Waals surface area contributed by atoms with E-state index in [9.17, 15) is 4.79 Å². The van der Waals surface area contributed by atoms with Crippen LogP contribution in [0.5, 0.6) is 0 Å². The van der Waals surface area contributed by atoms with Gasteiger partial charge < -0.3 is 14.3 Å². The summed E-state index contributed by atoms with van der Waals surface area (Å²) in [7, 11) is 0. The van der Waals surface area contributed by atoms with E-state index in [-0.39, 0.29) is 11.6 Å². The fourth-order valence-electron chi connectivity index (χ4n) is 2.01. The van der Waals surface area contributed by atoms with Gasteiger partial charge in [-0.3, -0.25) is 4.79 Å². The maximum atomic E-state index is 12.3. The summed E-state index contributed by atoms with van der Waals surface area (Å²) in [5.41, 5.74) is 2.13. The van der Waals surface area contributed by atoms with Gasteiger partial charge in [-0.05, 0) is 24.3 Å². The first-order valence-electron chi connectivity index (χ1n) is 6.34. The molecule has 0 aliphatic carbocycles. The van der Waals surface area contributed by atoms with Gasteiger partial charge >= 0.3 is 0 Å². The Balaban J connectivity index is 1.61. The van der Waals surface area contributed by atoms with Gasteiger partial charge in [0, 0.05) is 6.07 Å². The Labute approximate surface area is 127 Å². The van der Waals surface area contributed by atoms with Crippen molar-refractivity contribution >= 4 is 34.4 Å². The molecule has 3 aromatic heterocycles. The Kier molecular flexibility index (Phi) is 2.94. The standard InChI is InChI=1S/C14H8N4O3S/c19-14(10-7-12(21-16-10)11-5-2-6-20-11)15-8-3-1-4-9-13(8)18-22-17-9/h1-7H,(H,15,19). The zero-order chi connectivity index (χ0) is 14.9. The van der Waals surface area contributed by atoms with Crippen LogP contribution in [0.25, 0.3) is 22.6 Å². The molecule has 1 amide bonds. The van der Waals surface area contributed by atoms with Crippen molar-refractivity contribution in [1.82, 2.24) is 13.9 Å². The average molecular weight is 312 g/mol. The van der Waals surface area contributed by atoms with Crippen LogP contribution in [0.15, 0.2) is 51.6 Å². The molecule has 0 unspecified atom stereocenters. The first kappa shape index (κ1) is 12.7. The van der Waals surface area contributed by atoms with Gasteiger partial charge in [0.2, 0.25) is 5.76 Å². The first-order chi connectivity index (χ1) is 10.8. The zero-order valence-electron chi connectivity index (χ0n) is 11.0. The number of amides is 1. The van der Waals surface area contributed by atoms with Crippen molar-refractivity contribution in [1.29, 1.82) is 0 Å². The number of rotatable bonds is 3. The predicted octanol–water partition coefficient (Wildman–Crippen LogP) is 3.19. The van der Waals surface area contributed by atoms with Gasteiger partial charge in [-0.25, -0.2) is 0 Å². The van der Waals surface area contributed by atoms with Crippen molar-refractivity contribution in [2.75, 3.05) is 5.32 Å². The number of carbonyl (C=O) groups excluding carboxylic acids is 1. The van der Waals surface area contributed by atoms with Gasteiger partial charge in [0.05, 0.1) is 23.7 Å². The number of fused-ring (bicyclic) bond motifs is 1. The Morgan fingerprint density at radius 2 is 2.09 bits per heavy atom. The maximum Gasteiger partial charge on any atom is 0.277 e. The molecule has 1 N–H and O–H groups in total. The third-order valence-electron chi connectivity index (χ3n) is 3.04. The van der Waals surface area contributed by atoms with E-state index < -0.39 is 0 Å². The normalized spacial score (nSPS) is 10.9. The summed E-state index contributed by atoms with van der Waals surface area (Å²) in [6, 6.07) is 10.4. The number of nitrogens with zero attached hydrogens (tertiary/aromatic N) is 3. The molecule has 0 aliphatic rings. The first-order valence-corrected chi connectivity index (χ1v) is 7.07. The minimum atomic E-state index is -0.387. The van der Waals surface area contributed by atoms with Gasteiger partial charge in [-0.2, -0.15) is 8.75 Å². The van der Waals surface area contributed by atoms with Crippen LogP contribution in [-0.2, 0) is 0 Å². The number of benzene rings is 1. The Bertz CT molecular complexity index is 942. The SMILES string of the molecule is O=C(Nc1cccc2nsnc12)c1cc(-c2ccco2)on1. The van der Waals surface area contributed by atoms with Crippen molar-refractivity contribution in [2.24, 2.45) is 0 Å². The molecular formula is C14H8N4O3S. The highest BCUT2D eigenvalue weighted by Gasteiger charge is 2.16. The largest absolute Gasteiger partial charge is 0.461 e. The monoisotopic (exact) mass is 312 g/mol. The number of hydrogen-bond acceptors (Lipinski definition) is 7. The molecule has 108 valence electrons. The fraction of sp³-hybridized carbons (Fsp3) is 0. The van der Waals surface area contributed by atoms with E-state index in [1.165, 1.54) is 12.3 Å². The van der Waals surface area contributed by atoms with Gasteiger partial charge in [0.15, 0.2) is 11.5 Å². The second-order valence-corrected chi connectivity index (χ2v) is 4.97. The van der Waals surface area contributed by atoms with Crippen LogP contribution in [0.4, 0.5) is 5.69 Å². The lowest BCUT2D eigenvalue weighted by atomic mass is 10.2. The van der Waals surface area contributed by atoms with Crippen LogP contribution in [0.3, 0.4) is 0 Å². The second kappa shape index (κ2) is 5.08. The lowest BCUT2D eigenvalue weighted by molar-refractivity contribution is 0.101. The van der Waals surface area contributed by atoms with E-state index in [1.807, 2.05) is 6.07 Å². The van der Waals surface area contributed by atoms with E-state index >= 15 is 0 Å². The molecule has 0 bridgehead atoms. The van der Waals surface area contributed by atoms with Crippen LogP contribution in [0.1, 0.15) is 10.5 Å². The van der Waals surface area contributed by atoms with Crippen LogP contribution in [0.2, 0.25) is 0 Å². The van der Waals surface area contributed by atoms with E-state index in [2.05, 4.69) is 19.2 Å². The van der Waals surface area contributed by atoms with E-state index in [1.54, 1.807) is 24.3 Å². The van der Waals surface area contributed by atoms with Crippen LogP contribution in [-0.4, -0.2) is 19.8 Å². The molecule has 0 atom stereocenters. The minimum Gasteiger partial charge on any atom is -0.461 e. The van der Waals surface area contributed by atoms with Crippen molar-refractivity contribution < 1.29 is 13.7 Å². The minimum absolute atomic E-state index is 0.159. The third-order valence-corrected chi connectivity index (χ3v) is 3.58. The van der Waals surface area contributed by atoms with E-state index in [0.717, 1.165) is 17.2 Å². The molecule has 0 fully saturated rings. The number of furan rings is 1. The van der Waals surface area contributed by atoms with Crippen molar-refractivity contribution in [2.45, 2.75) is 0 Å². The number of nitrogens with one attached hydrogen (secondary N) is 1. The number of aromatic nitrogens is 3. The molecule has 1 aromatic carbocycles. The molecule has 4 aromatic rings. The Morgan fingerprint density at radius 3 is 2.95 bits per heavy atom. The Morgan fingerprint density at radius 1 is 1.14 bits per heavy atom. The molecular weight excluding hydrogens is 304 g/mol. The lowest BCUT2D eigenvalue weighted by Crippen LogP contribution is -2.12. The second-order valence-electron chi connectivity index (χ2n) is 4.45. The summed E-state index contributed by atoms with van der Waals surface area (Å²) in [5.74, 6) is 0.517. The number of carbonyl (C=O) groups is 1. The molecule has 0 aliphatic heterocycles. The topological polar surface area (TPSA) is 94.1 Å². The molecule has 8 heteroatoms. The highest BCUT2D eigenvalue weighted by molar-refractivity contribution is 7.00. The molecule has 0 saturated carbocycles. The third kappa shape index (κ3) is 2.15. The van der Waals surface area contributed by atoms with Gasteiger partial charge in [-0.1, -0.05) is 11.2 Å². The summed E-state index contributed by atoms with van der Waals surface area (Å²) in [4.78, 5) is 12.3. The van der Waals surface area contributed by atoms with Crippen LogP contribution < -0.4 is 5.32 Å². The van der Waals surface area contributed by atoms with Gasteiger partial charge in [0.1, 0.15) is 11.0 Å². The molecule has 3 heterocycles. The Hall–Kier alpha value is -3.00. The number of anilines is 1. The molecule has 0 saturated heterocycles. The molecule has 22 heavy (non-hydrogen) atoms. The molecule has 0 radical (unpaired) electrons. The van der Waals surface area contributed by atoms with Gasteiger partial charge in [0.25, 0.3) is 5.91 Å². The fourth-order valence-corrected chi connectivity index (χ4v) is 2.56. The molecule has 4 rings (SSSR count). The maximum absolute atomic E-state index is 12.3. The summed E-state index contributed by atoms with van der Waals surface area (Å²) in [6.07, 6.45) is 1.52.